The van der Waals surface area contributed by atoms with Crippen LogP contribution in [0.5, 0.6) is 0 Å². The Hall–Kier alpha value is -1.86. The van der Waals surface area contributed by atoms with Crippen LogP contribution >= 0.6 is 28.7 Å². The topological polar surface area (TPSA) is 164 Å². The molecule has 0 amide bonds. The minimum atomic E-state index is -1.26. The number of hydrogen-bond acceptors (Lipinski definition) is 11. The van der Waals surface area contributed by atoms with E-state index < -0.39 is 53.7 Å². The van der Waals surface area contributed by atoms with Crippen molar-refractivity contribution in [2.45, 2.75) is 57.5 Å². The summed E-state index contributed by atoms with van der Waals surface area (Å²) in [5.41, 5.74) is 4.33. The highest BCUT2D eigenvalue weighted by molar-refractivity contribution is 8.93. The van der Waals surface area contributed by atoms with Crippen LogP contribution in [0.3, 0.4) is 0 Å². The summed E-state index contributed by atoms with van der Waals surface area (Å²) in [6, 6.07) is 0. The second-order valence-electron chi connectivity index (χ2n) is 5.55. The van der Waals surface area contributed by atoms with Gasteiger partial charge in [-0.15, -0.1) is 17.0 Å². The number of hydrogen-bond donors (Lipinski definition) is 2. The lowest BCUT2D eigenvalue weighted by atomic mass is 9.99. The summed E-state index contributed by atoms with van der Waals surface area (Å²) in [6.45, 7) is 4.24. The first kappa shape index (κ1) is 26.1. The van der Waals surface area contributed by atoms with Gasteiger partial charge in [0.1, 0.15) is 12.7 Å². The van der Waals surface area contributed by atoms with Crippen LogP contribution in [0.25, 0.3) is 0 Å². The van der Waals surface area contributed by atoms with Crippen LogP contribution in [0.1, 0.15) is 27.7 Å². The Labute approximate surface area is 176 Å². The molecule has 0 spiro atoms. The van der Waals surface area contributed by atoms with E-state index in [0.29, 0.717) is 11.8 Å². The van der Waals surface area contributed by atoms with E-state index in [1.807, 2.05) is 0 Å². The lowest BCUT2D eigenvalue weighted by Crippen LogP contribution is -2.61. The number of ether oxygens (including phenoxy) is 5. The molecule has 0 aromatic rings. The van der Waals surface area contributed by atoms with Crippen molar-refractivity contribution < 1.29 is 42.9 Å². The minimum absolute atomic E-state index is 0. The molecule has 1 unspecified atom stereocenters. The molecule has 1 saturated heterocycles. The minimum Gasteiger partial charge on any atom is -0.463 e. The second kappa shape index (κ2) is 11.9. The third-order valence-corrected chi connectivity index (χ3v) is 4.06. The van der Waals surface area contributed by atoms with Crippen molar-refractivity contribution in [2.24, 2.45) is 5.73 Å². The Bertz CT molecular complexity index is 618. The smallest absolute Gasteiger partial charge is 0.303 e. The number of carbonyl (C=O) groups is 4. The zero-order chi connectivity index (χ0) is 20.7. The quantitative estimate of drug-likeness (QED) is 0.229. The number of carbonyl (C=O) groups excluding carboxylic acids is 4. The predicted octanol–water partition coefficient (Wildman–Crippen LogP) is 0.274. The molecule has 0 aliphatic carbocycles. The van der Waals surface area contributed by atoms with E-state index in [2.05, 4.69) is 0 Å². The highest BCUT2D eigenvalue weighted by Gasteiger charge is 2.52. The highest BCUT2D eigenvalue weighted by atomic mass is 79.9. The van der Waals surface area contributed by atoms with Crippen molar-refractivity contribution in [3.05, 3.63) is 0 Å². The first-order valence-corrected chi connectivity index (χ1v) is 8.70. The number of nitrogens with two attached hydrogens (primary N) is 1. The third kappa shape index (κ3) is 8.44. The first-order chi connectivity index (χ1) is 12.5. The molecule has 1 rings (SSSR count). The van der Waals surface area contributed by atoms with E-state index in [4.69, 9.17) is 34.8 Å². The van der Waals surface area contributed by atoms with Gasteiger partial charge in [-0.05, 0) is 0 Å². The fourth-order valence-corrected chi connectivity index (χ4v) is 3.20. The van der Waals surface area contributed by atoms with Gasteiger partial charge < -0.3 is 29.4 Å². The molecular formula is C15H23BrN2O9S. The molecule has 28 heavy (non-hydrogen) atoms. The van der Waals surface area contributed by atoms with Gasteiger partial charge in [0.15, 0.2) is 28.9 Å². The Morgan fingerprint density at radius 1 is 0.893 bits per heavy atom. The van der Waals surface area contributed by atoms with Crippen LogP contribution in [-0.2, 0) is 42.9 Å². The molecule has 0 radical (unpaired) electrons. The van der Waals surface area contributed by atoms with Crippen molar-refractivity contribution in [1.82, 2.24) is 0 Å². The summed E-state index contributed by atoms with van der Waals surface area (Å²) in [7, 11) is 0. The van der Waals surface area contributed by atoms with Gasteiger partial charge in [0.2, 0.25) is 0 Å². The Kier molecular flexibility index (Phi) is 11.1. The standard InChI is InChI=1S/C15H22N2O9S.BrH/c1-6(18)22-5-10-11(23-7(2)19)12(24-8(3)20)13(25-9(4)21)14(26-10)27-15(16)17;/h10-14H,5H2,1-4H3,(H3,16,17);1H/t10?,11-,12+,13-,14+;/m1./s1. The van der Waals surface area contributed by atoms with Gasteiger partial charge in [-0.3, -0.25) is 24.6 Å². The van der Waals surface area contributed by atoms with E-state index >= 15 is 0 Å². The summed E-state index contributed by atoms with van der Waals surface area (Å²) < 4.78 is 26.2. The lowest BCUT2D eigenvalue weighted by molar-refractivity contribution is -0.237. The molecule has 1 aliphatic heterocycles. The molecule has 3 N–H and O–H groups in total. The summed E-state index contributed by atoms with van der Waals surface area (Å²) in [5.74, 6) is -2.76. The number of amidine groups is 1. The van der Waals surface area contributed by atoms with Crippen molar-refractivity contribution in [1.29, 1.82) is 5.41 Å². The fraction of sp³-hybridized carbons (Fsp3) is 0.667. The largest absolute Gasteiger partial charge is 0.463 e. The van der Waals surface area contributed by atoms with Gasteiger partial charge >= 0.3 is 23.9 Å². The van der Waals surface area contributed by atoms with Gasteiger partial charge in [-0.25, -0.2) is 0 Å². The predicted molar refractivity (Wildman–Crippen MR) is 102 cm³/mol. The van der Waals surface area contributed by atoms with E-state index in [9.17, 15) is 19.2 Å². The van der Waals surface area contributed by atoms with Crippen LogP contribution in [-0.4, -0.2) is 65.5 Å². The van der Waals surface area contributed by atoms with Crippen molar-refractivity contribution >= 4 is 57.8 Å². The molecule has 0 bridgehead atoms. The lowest BCUT2D eigenvalue weighted by Gasteiger charge is -2.43. The summed E-state index contributed by atoms with van der Waals surface area (Å²) in [4.78, 5) is 45.7. The average molecular weight is 487 g/mol. The maximum absolute atomic E-state index is 11.6. The molecule has 1 heterocycles. The van der Waals surface area contributed by atoms with E-state index in [-0.39, 0.29) is 28.8 Å². The molecule has 1 aliphatic rings. The molecule has 0 aromatic carbocycles. The van der Waals surface area contributed by atoms with Crippen molar-refractivity contribution in [2.75, 3.05) is 6.61 Å². The summed E-state index contributed by atoms with van der Waals surface area (Å²) >= 11 is 0.705. The van der Waals surface area contributed by atoms with Gasteiger partial charge in [0.05, 0.1) is 0 Å². The molecule has 0 aromatic heterocycles. The monoisotopic (exact) mass is 486 g/mol. The van der Waals surface area contributed by atoms with Crippen LogP contribution in [0.4, 0.5) is 0 Å². The number of esters is 4. The molecule has 0 saturated carbocycles. The Balaban J connectivity index is 0.00000729. The van der Waals surface area contributed by atoms with Crippen LogP contribution in [0.2, 0.25) is 0 Å². The second-order valence-corrected chi connectivity index (χ2v) is 6.69. The Morgan fingerprint density at radius 3 is 1.79 bits per heavy atom. The van der Waals surface area contributed by atoms with Gasteiger partial charge in [0, 0.05) is 27.7 Å². The zero-order valence-corrected chi connectivity index (χ0v) is 18.2. The molecule has 160 valence electrons. The molecule has 11 nitrogen and oxygen atoms in total. The number of thioether (sulfide) groups is 1. The maximum atomic E-state index is 11.6. The van der Waals surface area contributed by atoms with Gasteiger partial charge in [0.25, 0.3) is 0 Å². The molecule has 1 fully saturated rings. The fourth-order valence-electron chi connectivity index (χ4n) is 2.41. The highest BCUT2D eigenvalue weighted by Crippen LogP contribution is 2.34. The summed E-state index contributed by atoms with van der Waals surface area (Å²) in [6.07, 6.45) is -4.76. The summed E-state index contributed by atoms with van der Waals surface area (Å²) in [5, 5.41) is 7.10. The van der Waals surface area contributed by atoms with E-state index in [0.717, 1.165) is 20.8 Å². The zero-order valence-electron chi connectivity index (χ0n) is 15.7. The van der Waals surface area contributed by atoms with E-state index in [1.165, 1.54) is 6.92 Å². The third-order valence-electron chi connectivity index (χ3n) is 3.19. The van der Waals surface area contributed by atoms with Crippen LogP contribution < -0.4 is 5.73 Å². The normalized spacial score (nSPS) is 26.2. The van der Waals surface area contributed by atoms with E-state index in [1.54, 1.807) is 0 Å². The van der Waals surface area contributed by atoms with Crippen molar-refractivity contribution in [3.8, 4) is 0 Å². The molecule has 5 atom stereocenters. The van der Waals surface area contributed by atoms with Crippen molar-refractivity contribution in [3.63, 3.8) is 0 Å². The SMILES string of the molecule is Br.CC(=O)OCC1O[C@@H](SC(=N)N)[C@H](OC(C)=O)[C@@H](OC(C)=O)[C@@H]1OC(C)=O. The van der Waals surface area contributed by atoms with Gasteiger partial charge in [-0.1, -0.05) is 11.8 Å². The number of rotatable bonds is 6. The van der Waals surface area contributed by atoms with Gasteiger partial charge in [-0.2, -0.15) is 0 Å². The average Bonchev–Trinajstić information content (AvgIpc) is 2.49. The van der Waals surface area contributed by atoms with Crippen LogP contribution in [0.15, 0.2) is 0 Å². The molecular weight excluding hydrogens is 464 g/mol. The van der Waals surface area contributed by atoms with Crippen LogP contribution in [0, 0.1) is 5.41 Å². The maximum Gasteiger partial charge on any atom is 0.303 e. The Morgan fingerprint density at radius 2 is 1.36 bits per heavy atom. The number of nitrogens with one attached hydrogen (secondary N) is 1. The molecule has 13 heteroatoms. The first-order valence-electron chi connectivity index (χ1n) is 7.82. The number of halogens is 1.